The lowest BCUT2D eigenvalue weighted by Crippen LogP contribution is -2.32. The lowest BCUT2D eigenvalue weighted by atomic mass is 9.84. The maximum atomic E-state index is 6.71. The Morgan fingerprint density at radius 3 is 2.43 bits per heavy atom. The van der Waals surface area contributed by atoms with Crippen molar-refractivity contribution in [3.05, 3.63) is 89.3 Å². The highest BCUT2D eigenvalue weighted by atomic mass is 16.5. The Morgan fingerprint density at radius 1 is 0.838 bits per heavy atom. The molecule has 3 heterocycles. The maximum absolute atomic E-state index is 6.71. The number of methoxy groups -OCH3 is 4. The van der Waals surface area contributed by atoms with E-state index in [-0.39, 0.29) is 6.04 Å². The van der Waals surface area contributed by atoms with Gasteiger partial charge in [-0.1, -0.05) is 18.2 Å². The number of para-hydroxylation sites is 1. The van der Waals surface area contributed by atoms with Crippen molar-refractivity contribution in [2.45, 2.75) is 12.1 Å². The van der Waals surface area contributed by atoms with Crippen molar-refractivity contribution in [1.82, 2.24) is 14.8 Å². The van der Waals surface area contributed by atoms with E-state index >= 15 is 0 Å². The summed E-state index contributed by atoms with van der Waals surface area (Å²) in [6, 6.07) is 19.2. The molecule has 37 heavy (non-hydrogen) atoms. The third-order valence-corrected chi connectivity index (χ3v) is 6.77. The lowest BCUT2D eigenvalue weighted by Gasteiger charge is -2.39. The molecule has 0 unspecified atom stereocenters. The minimum atomic E-state index is -0.492. The molecule has 0 radical (unpaired) electrons. The van der Waals surface area contributed by atoms with E-state index in [1.54, 1.807) is 34.8 Å². The van der Waals surface area contributed by atoms with Gasteiger partial charge in [0.1, 0.15) is 29.6 Å². The molecular weight excluding hydrogens is 472 g/mol. The standard InChI is InChI=1S/C28H26N4O5/c1-33-17-10-11-19(22(14-17)35-3)27-24-25(18-7-5-6-8-20(18)37-27)31-28-29-15-30-32(28)26(24)16-9-12-21(34-2)23(13-16)36-4/h5-15,26-27H,1-4H3,(H,29,30,31)/t26-,27+/m0/s1. The second kappa shape index (κ2) is 9.09. The van der Waals surface area contributed by atoms with E-state index in [2.05, 4.69) is 15.4 Å². The number of aromatic nitrogens is 3. The van der Waals surface area contributed by atoms with Crippen molar-refractivity contribution in [3.8, 4) is 28.7 Å². The fraction of sp³-hybridized carbons (Fsp3) is 0.214. The fourth-order valence-electron chi connectivity index (χ4n) is 5.05. The summed E-state index contributed by atoms with van der Waals surface area (Å²) < 4.78 is 30.9. The quantitative estimate of drug-likeness (QED) is 0.403. The number of nitrogens with zero attached hydrogens (tertiary/aromatic N) is 3. The van der Waals surface area contributed by atoms with Crippen LogP contribution in [-0.2, 0) is 0 Å². The summed E-state index contributed by atoms with van der Waals surface area (Å²) in [5.41, 5.74) is 4.64. The molecule has 188 valence electrons. The molecule has 1 N–H and O–H groups in total. The highest BCUT2D eigenvalue weighted by Crippen LogP contribution is 2.52. The Kier molecular flexibility index (Phi) is 5.60. The largest absolute Gasteiger partial charge is 0.497 e. The first-order valence-corrected chi connectivity index (χ1v) is 11.8. The van der Waals surface area contributed by atoms with Gasteiger partial charge in [0.25, 0.3) is 0 Å². The topological polar surface area (TPSA) is 88.9 Å². The predicted octanol–water partition coefficient (Wildman–Crippen LogP) is 4.87. The summed E-state index contributed by atoms with van der Waals surface area (Å²) >= 11 is 0. The first kappa shape index (κ1) is 22.8. The van der Waals surface area contributed by atoms with Gasteiger partial charge < -0.3 is 29.0 Å². The van der Waals surface area contributed by atoms with Crippen molar-refractivity contribution in [2.75, 3.05) is 33.8 Å². The molecule has 0 spiro atoms. The van der Waals surface area contributed by atoms with Crippen LogP contribution in [0.15, 0.2) is 72.6 Å². The summed E-state index contributed by atoms with van der Waals surface area (Å²) in [5.74, 6) is 4.02. The number of nitrogens with one attached hydrogen (secondary N) is 1. The molecule has 0 saturated heterocycles. The van der Waals surface area contributed by atoms with Crippen LogP contribution in [0.5, 0.6) is 28.7 Å². The van der Waals surface area contributed by atoms with Crippen molar-refractivity contribution in [2.24, 2.45) is 0 Å². The van der Waals surface area contributed by atoms with Gasteiger partial charge in [0.15, 0.2) is 17.6 Å². The van der Waals surface area contributed by atoms with Gasteiger partial charge in [-0.2, -0.15) is 10.1 Å². The predicted molar refractivity (Wildman–Crippen MR) is 138 cm³/mol. The molecule has 2 atom stereocenters. The highest BCUT2D eigenvalue weighted by Gasteiger charge is 2.42. The third kappa shape index (κ3) is 3.62. The van der Waals surface area contributed by atoms with Gasteiger partial charge in [-0.3, -0.25) is 0 Å². The zero-order chi connectivity index (χ0) is 25.5. The molecule has 1 aromatic heterocycles. The molecule has 0 fully saturated rings. The van der Waals surface area contributed by atoms with E-state index in [4.69, 9.17) is 23.7 Å². The molecular formula is C28H26N4O5. The molecule has 4 aromatic rings. The van der Waals surface area contributed by atoms with E-state index in [0.717, 1.165) is 33.7 Å². The van der Waals surface area contributed by atoms with Gasteiger partial charge in [0.05, 0.1) is 34.1 Å². The van der Waals surface area contributed by atoms with Crippen LogP contribution in [0.4, 0.5) is 5.95 Å². The van der Waals surface area contributed by atoms with Gasteiger partial charge in [0.2, 0.25) is 5.95 Å². The third-order valence-electron chi connectivity index (χ3n) is 6.77. The van der Waals surface area contributed by atoms with Crippen LogP contribution >= 0.6 is 0 Å². The summed E-state index contributed by atoms with van der Waals surface area (Å²) in [7, 11) is 6.52. The Balaban J connectivity index is 1.62. The number of anilines is 1. The molecule has 2 aliphatic rings. The van der Waals surface area contributed by atoms with Gasteiger partial charge in [-0.05, 0) is 42.0 Å². The minimum absolute atomic E-state index is 0.348. The smallest absolute Gasteiger partial charge is 0.226 e. The van der Waals surface area contributed by atoms with E-state index in [9.17, 15) is 0 Å². The van der Waals surface area contributed by atoms with Gasteiger partial charge in [-0.15, -0.1) is 0 Å². The summed E-state index contributed by atoms with van der Waals surface area (Å²) in [4.78, 5) is 4.50. The summed E-state index contributed by atoms with van der Waals surface area (Å²) in [6.45, 7) is 0. The normalized spacial score (nSPS) is 17.5. The Hall–Kier alpha value is -4.66. The van der Waals surface area contributed by atoms with E-state index in [0.29, 0.717) is 28.9 Å². The fourth-order valence-corrected chi connectivity index (χ4v) is 5.05. The van der Waals surface area contributed by atoms with E-state index in [1.165, 1.54) is 0 Å². The second-order valence-electron chi connectivity index (χ2n) is 8.60. The maximum Gasteiger partial charge on any atom is 0.226 e. The molecule has 9 heteroatoms. The molecule has 0 amide bonds. The Labute approximate surface area is 214 Å². The molecule has 0 aliphatic carbocycles. The van der Waals surface area contributed by atoms with Gasteiger partial charge in [0, 0.05) is 22.8 Å². The molecule has 6 rings (SSSR count). The Morgan fingerprint density at radius 2 is 1.65 bits per heavy atom. The van der Waals surface area contributed by atoms with Crippen LogP contribution in [0.25, 0.3) is 5.70 Å². The van der Waals surface area contributed by atoms with Crippen LogP contribution in [-0.4, -0.2) is 43.2 Å². The van der Waals surface area contributed by atoms with Crippen molar-refractivity contribution >= 4 is 11.6 Å². The minimum Gasteiger partial charge on any atom is -0.497 e. The zero-order valence-corrected chi connectivity index (χ0v) is 20.9. The first-order valence-electron chi connectivity index (χ1n) is 11.8. The number of rotatable bonds is 6. The number of ether oxygens (including phenoxy) is 5. The van der Waals surface area contributed by atoms with E-state index < -0.39 is 6.10 Å². The first-order chi connectivity index (χ1) is 18.2. The molecule has 2 aliphatic heterocycles. The van der Waals surface area contributed by atoms with Crippen LogP contribution in [0, 0.1) is 0 Å². The van der Waals surface area contributed by atoms with Crippen LogP contribution in [0.2, 0.25) is 0 Å². The van der Waals surface area contributed by atoms with Crippen molar-refractivity contribution in [3.63, 3.8) is 0 Å². The monoisotopic (exact) mass is 498 g/mol. The van der Waals surface area contributed by atoms with Gasteiger partial charge >= 0.3 is 0 Å². The zero-order valence-electron chi connectivity index (χ0n) is 20.9. The highest BCUT2D eigenvalue weighted by molar-refractivity contribution is 5.85. The average Bonchev–Trinajstić information content (AvgIpc) is 3.43. The average molecular weight is 499 g/mol. The van der Waals surface area contributed by atoms with Crippen LogP contribution in [0.1, 0.15) is 28.8 Å². The van der Waals surface area contributed by atoms with Crippen LogP contribution < -0.4 is 29.0 Å². The molecule has 9 nitrogen and oxygen atoms in total. The van der Waals surface area contributed by atoms with Crippen molar-refractivity contribution < 1.29 is 23.7 Å². The van der Waals surface area contributed by atoms with E-state index in [1.807, 2.05) is 65.3 Å². The number of hydrogen-bond donors (Lipinski definition) is 1. The molecule has 0 bridgehead atoms. The number of fused-ring (bicyclic) bond motifs is 3. The SMILES string of the molecule is COc1ccc([C@H]2Oc3ccccc3C3=C2[C@H](c2ccc(OC)c(OC)c2)n2ncnc2N3)c(OC)c1. The molecule has 0 saturated carbocycles. The van der Waals surface area contributed by atoms with Crippen LogP contribution in [0.3, 0.4) is 0 Å². The number of benzene rings is 3. The molecule has 3 aromatic carbocycles. The number of hydrogen-bond acceptors (Lipinski definition) is 8. The summed E-state index contributed by atoms with van der Waals surface area (Å²) in [5, 5.41) is 8.10. The van der Waals surface area contributed by atoms with Crippen molar-refractivity contribution in [1.29, 1.82) is 0 Å². The second-order valence-corrected chi connectivity index (χ2v) is 8.60. The lowest BCUT2D eigenvalue weighted by molar-refractivity contribution is 0.217. The summed E-state index contributed by atoms with van der Waals surface area (Å²) in [6.07, 6.45) is 1.05. The Bertz CT molecular complexity index is 1510. The van der Waals surface area contributed by atoms with Gasteiger partial charge in [-0.25, -0.2) is 4.68 Å².